The van der Waals surface area contributed by atoms with E-state index in [0.717, 1.165) is 18.4 Å². The third-order valence-electron chi connectivity index (χ3n) is 4.15. The van der Waals surface area contributed by atoms with E-state index in [1.807, 2.05) is 25.1 Å². The molecule has 0 spiro atoms. The molecule has 0 saturated heterocycles. The van der Waals surface area contributed by atoms with E-state index >= 15 is 0 Å². The molecule has 0 amide bonds. The molecule has 2 N–H and O–H groups in total. The van der Waals surface area contributed by atoms with Gasteiger partial charge in [-0.3, -0.25) is 0 Å². The summed E-state index contributed by atoms with van der Waals surface area (Å²) in [5.41, 5.74) is 2.23. The molecule has 2 rings (SSSR count). The molecule has 1 aromatic rings. The van der Waals surface area contributed by atoms with Crippen LogP contribution in [0, 0.1) is 5.92 Å². The van der Waals surface area contributed by atoms with E-state index in [4.69, 9.17) is 9.47 Å². The maximum atomic E-state index is 10.5. The van der Waals surface area contributed by atoms with Crippen molar-refractivity contribution < 1.29 is 19.7 Å². The summed E-state index contributed by atoms with van der Waals surface area (Å²) in [6.07, 6.45) is 1.38. The molecule has 0 heterocycles. The number of aliphatic hydroxyl groups is 2. The van der Waals surface area contributed by atoms with Crippen LogP contribution in [0.15, 0.2) is 24.3 Å². The molecule has 0 aliphatic heterocycles. The molecule has 4 nitrogen and oxygen atoms in total. The second-order valence-corrected chi connectivity index (χ2v) is 5.93. The highest BCUT2D eigenvalue weighted by atomic mass is 16.5. The van der Waals surface area contributed by atoms with Crippen molar-refractivity contribution in [3.8, 4) is 0 Å². The van der Waals surface area contributed by atoms with Crippen molar-refractivity contribution in [3.05, 3.63) is 35.4 Å². The van der Waals surface area contributed by atoms with Gasteiger partial charge in [0.1, 0.15) is 0 Å². The van der Waals surface area contributed by atoms with E-state index in [1.54, 1.807) is 7.11 Å². The summed E-state index contributed by atoms with van der Waals surface area (Å²) in [5, 5.41) is 20.6. The first kappa shape index (κ1) is 16.4. The van der Waals surface area contributed by atoms with Gasteiger partial charge in [-0.05, 0) is 43.2 Å². The molecule has 0 bridgehead atoms. The number of benzene rings is 1. The normalized spacial score (nSPS) is 24.4. The summed E-state index contributed by atoms with van der Waals surface area (Å²) < 4.78 is 10.5. The average Bonchev–Trinajstić information content (AvgIpc) is 2.49. The van der Waals surface area contributed by atoms with Crippen LogP contribution < -0.4 is 0 Å². The predicted molar refractivity (Wildman–Crippen MR) is 81.1 cm³/mol. The number of ether oxygens (including phenoxy) is 2. The summed E-state index contributed by atoms with van der Waals surface area (Å²) in [5.74, 6) is 0.0937. The molecule has 0 aromatic heterocycles. The van der Waals surface area contributed by atoms with Gasteiger partial charge in [-0.2, -0.15) is 0 Å². The molecule has 21 heavy (non-hydrogen) atoms. The molecule has 0 fully saturated rings. The zero-order valence-corrected chi connectivity index (χ0v) is 12.9. The SMILES string of the molecule is COCC(C)OCC(O)CC1CCc2ccccc2C1O. The van der Waals surface area contributed by atoms with Gasteiger partial charge < -0.3 is 19.7 Å². The average molecular weight is 294 g/mol. The Morgan fingerprint density at radius 3 is 2.81 bits per heavy atom. The number of hydrogen-bond donors (Lipinski definition) is 2. The number of aryl methyl sites for hydroxylation is 1. The maximum Gasteiger partial charge on any atom is 0.0821 e. The van der Waals surface area contributed by atoms with Crippen molar-refractivity contribution in [1.82, 2.24) is 0 Å². The number of fused-ring (bicyclic) bond motifs is 1. The van der Waals surface area contributed by atoms with Gasteiger partial charge in [0.25, 0.3) is 0 Å². The van der Waals surface area contributed by atoms with Gasteiger partial charge in [0.15, 0.2) is 0 Å². The minimum absolute atomic E-state index is 0.0262. The lowest BCUT2D eigenvalue weighted by atomic mass is 9.79. The fourth-order valence-corrected chi connectivity index (χ4v) is 3.03. The predicted octanol–water partition coefficient (Wildman–Crippen LogP) is 2.08. The van der Waals surface area contributed by atoms with E-state index in [1.165, 1.54) is 5.56 Å². The lowest BCUT2D eigenvalue weighted by molar-refractivity contribution is -0.0451. The Balaban J connectivity index is 1.84. The topological polar surface area (TPSA) is 58.9 Å². The third-order valence-corrected chi connectivity index (χ3v) is 4.15. The second-order valence-electron chi connectivity index (χ2n) is 5.93. The van der Waals surface area contributed by atoms with E-state index in [9.17, 15) is 10.2 Å². The lowest BCUT2D eigenvalue weighted by Crippen LogP contribution is -2.28. The van der Waals surface area contributed by atoms with Crippen LogP contribution in [-0.2, 0) is 15.9 Å². The Morgan fingerprint density at radius 1 is 1.29 bits per heavy atom. The highest BCUT2D eigenvalue weighted by Gasteiger charge is 2.29. The van der Waals surface area contributed by atoms with Crippen LogP contribution in [-0.4, -0.2) is 42.7 Å². The maximum absolute atomic E-state index is 10.5. The molecular formula is C17H26O4. The van der Waals surface area contributed by atoms with E-state index in [-0.39, 0.29) is 18.6 Å². The third kappa shape index (κ3) is 4.51. The highest BCUT2D eigenvalue weighted by molar-refractivity contribution is 5.31. The summed E-state index contributed by atoms with van der Waals surface area (Å²) in [6.45, 7) is 2.73. The van der Waals surface area contributed by atoms with Crippen molar-refractivity contribution in [3.63, 3.8) is 0 Å². The largest absolute Gasteiger partial charge is 0.391 e. The Morgan fingerprint density at radius 2 is 2.05 bits per heavy atom. The fourth-order valence-electron chi connectivity index (χ4n) is 3.03. The van der Waals surface area contributed by atoms with Crippen LogP contribution >= 0.6 is 0 Å². The van der Waals surface area contributed by atoms with E-state index < -0.39 is 12.2 Å². The molecule has 0 saturated carbocycles. The van der Waals surface area contributed by atoms with Crippen molar-refractivity contribution in [2.75, 3.05) is 20.3 Å². The van der Waals surface area contributed by atoms with Crippen LogP contribution in [0.2, 0.25) is 0 Å². The van der Waals surface area contributed by atoms with Gasteiger partial charge >= 0.3 is 0 Å². The van der Waals surface area contributed by atoms with Crippen LogP contribution in [0.4, 0.5) is 0 Å². The number of rotatable bonds is 7. The molecular weight excluding hydrogens is 268 g/mol. The van der Waals surface area contributed by atoms with Crippen LogP contribution in [0.25, 0.3) is 0 Å². The van der Waals surface area contributed by atoms with Gasteiger partial charge in [0, 0.05) is 7.11 Å². The Kier molecular flexibility index (Phi) is 6.18. The lowest BCUT2D eigenvalue weighted by Gasteiger charge is -2.31. The minimum atomic E-state index is -0.547. The summed E-state index contributed by atoms with van der Waals surface area (Å²) in [6, 6.07) is 8.01. The first-order chi connectivity index (χ1) is 10.1. The molecule has 1 aromatic carbocycles. The fraction of sp³-hybridized carbons (Fsp3) is 0.647. The number of aliphatic hydroxyl groups excluding tert-OH is 2. The molecule has 4 heteroatoms. The molecule has 118 valence electrons. The first-order valence-electron chi connectivity index (χ1n) is 7.66. The second kappa shape index (κ2) is 7.90. The standard InChI is InChI=1S/C17H26O4/c1-12(10-20-2)21-11-15(18)9-14-8-7-13-5-3-4-6-16(13)17(14)19/h3-6,12,14-15,17-19H,7-11H2,1-2H3. The van der Waals surface area contributed by atoms with Crippen LogP contribution in [0.5, 0.6) is 0 Å². The molecule has 4 unspecified atom stereocenters. The molecule has 1 aliphatic rings. The van der Waals surface area contributed by atoms with Gasteiger partial charge in [-0.15, -0.1) is 0 Å². The van der Waals surface area contributed by atoms with Crippen LogP contribution in [0.3, 0.4) is 0 Å². The monoisotopic (exact) mass is 294 g/mol. The zero-order chi connectivity index (χ0) is 15.2. The summed E-state index contributed by atoms with van der Waals surface area (Å²) >= 11 is 0. The van der Waals surface area contributed by atoms with Crippen molar-refractivity contribution in [2.24, 2.45) is 5.92 Å². The van der Waals surface area contributed by atoms with Crippen LogP contribution in [0.1, 0.15) is 37.0 Å². The Labute approximate surface area is 126 Å². The van der Waals surface area contributed by atoms with Crippen molar-refractivity contribution in [1.29, 1.82) is 0 Å². The van der Waals surface area contributed by atoms with Crippen molar-refractivity contribution >= 4 is 0 Å². The number of methoxy groups -OCH3 is 1. The summed E-state index contributed by atoms with van der Waals surface area (Å²) in [7, 11) is 1.63. The molecule has 1 aliphatic carbocycles. The van der Waals surface area contributed by atoms with E-state index in [0.29, 0.717) is 13.0 Å². The first-order valence-corrected chi connectivity index (χ1v) is 7.66. The van der Waals surface area contributed by atoms with Gasteiger partial charge in [-0.1, -0.05) is 24.3 Å². The summed E-state index contributed by atoms with van der Waals surface area (Å²) in [4.78, 5) is 0. The molecule has 0 radical (unpaired) electrons. The minimum Gasteiger partial charge on any atom is -0.391 e. The molecule has 4 atom stereocenters. The Hall–Kier alpha value is -0.940. The zero-order valence-electron chi connectivity index (χ0n) is 12.9. The highest BCUT2D eigenvalue weighted by Crippen LogP contribution is 2.36. The van der Waals surface area contributed by atoms with Gasteiger partial charge in [0.2, 0.25) is 0 Å². The smallest absolute Gasteiger partial charge is 0.0821 e. The van der Waals surface area contributed by atoms with Gasteiger partial charge in [0.05, 0.1) is 31.5 Å². The number of hydrogen-bond acceptors (Lipinski definition) is 4. The van der Waals surface area contributed by atoms with Crippen molar-refractivity contribution in [2.45, 2.75) is 44.5 Å². The van der Waals surface area contributed by atoms with E-state index in [2.05, 4.69) is 6.07 Å². The quantitative estimate of drug-likeness (QED) is 0.808. The Bertz CT molecular complexity index is 435. The van der Waals surface area contributed by atoms with Gasteiger partial charge in [-0.25, -0.2) is 0 Å².